The number of esters is 4. The number of carbonyl (C=O) groups is 5. The fourth-order valence-electron chi connectivity index (χ4n) is 4.82. The van der Waals surface area contributed by atoms with Crippen molar-refractivity contribution in [1.29, 1.82) is 0 Å². The third kappa shape index (κ3) is 9.45. The van der Waals surface area contributed by atoms with Gasteiger partial charge in [-0.05, 0) is 26.3 Å². The minimum Gasteiger partial charge on any atom is -0.463 e. The van der Waals surface area contributed by atoms with Crippen LogP contribution < -0.4 is 5.32 Å². The molecule has 5 atom stereocenters. The van der Waals surface area contributed by atoms with E-state index in [4.69, 9.17) is 28.4 Å². The number of amides is 1. The van der Waals surface area contributed by atoms with Crippen molar-refractivity contribution in [2.45, 2.75) is 90.8 Å². The summed E-state index contributed by atoms with van der Waals surface area (Å²) in [5.74, 6) is -2.69. The molecule has 47 heavy (non-hydrogen) atoms. The van der Waals surface area contributed by atoms with Crippen LogP contribution in [-0.2, 0) is 60.6 Å². The number of rotatable bonds is 11. The van der Waals surface area contributed by atoms with E-state index < -0.39 is 66.2 Å². The van der Waals surface area contributed by atoms with Crippen LogP contribution in [0.3, 0.4) is 0 Å². The van der Waals surface area contributed by atoms with E-state index in [2.05, 4.69) is 20.3 Å². The first-order valence-electron chi connectivity index (χ1n) is 14.7. The van der Waals surface area contributed by atoms with Crippen molar-refractivity contribution in [3.05, 3.63) is 54.2 Å². The zero-order valence-corrected chi connectivity index (χ0v) is 26.8. The highest BCUT2D eigenvalue weighted by Crippen LogP contribution is 2.36. The van der Waals surface area contributed by atoms with Gasteiger partial charge in [-0.15, -0.1) is 0 Å². The molecule has 0 saturated carbocycles. The number of imidazole rings is 1. The van der Waals surface area contributed by atoms with E-state index in [-0.39, 0.29) is 36.5 Å². The first-order valence-corrected chi connectivity index (χ1v) is 14.7. The highest BCUT2D eigenvalue weighted by Gasteiger charge is 2.51. The fraction of sp³-hybridized carbons (Fsp3) is 0.484. The monoisotopic (exact) mass is 655 g/mol. The number of hydrogen-bond donors (Lipinski definition) is 1. The van der Waals surface area contributed by atoms with Crippen molar-refractivity contribution in [3.8, 4) is 0 Å². The quantitative estimate of drug-likeness (QED) is 0.233. The number of hydrogen-bond acceptors (Lipinski definition) is 14. The third-order valence-corrected chi connectivity index (χ3v) is 6.65. The molecule has 1 fully saturated rings. The van der Waals surface area contributed by atoms with Gasteiger partial charge in [0.25, 0.3) is 0 Å². The molecule has 252 valence electrons. The number of nitrogens with zero attached hydrogens (tertiary/aromatic N) is 4. The molecule has 1 N–H and O–H groups in total. The van der Waals surface area contributed by atoms with Crippen LogP contribution in [0, 0.1) is 0 Å². The van der Waals surface area contributed by atoms with Gasteiger partial charge in [0.2, 0.25) is 0 Å². The van der Waals surface area contributed by atoms with E-state index in [0.29, 0.717) is 0 Å². The molecule has 2 aromatic heterocycles. The van der Waals surface area contributed by atoms with Crippen LogP contribution in [0.25, 0.3) is 11.2 Å². The Kier molecular flexibility index (Phi) is 11.1. The molecule has 1 aromatic carbocycles. The third-order valence-electron chi connectivity index (χ3n) is 6.65. The summed E-state index contributed by atoms with van der Waals surface area (Å²) in [7, 11) is 0. The van der Waals surface area contributed by atoms with Crippen molar-refractivity contribution in [1.82, 2.24) is 24.8 Å². The average Bonchev–Trinajstić information content (AvgIpc) is 3.55. The van der Waals surface area contributed by atoms with Crippen molar-refractivity contribution in [2.75, 3.05) is 6.61 Å². The van der Waals surface area contributed by atoms with Crippen LogP contribution in [0.1, 0.15) is 59.0 Å². The summed E-state index contributed by atoms with van der Waals surface area (Å²) in [6, 6.07) is 7.80. The van der Waals surface area contributed by atoms with Crippen molar-refractivity contribution in [2.24, 2.45) is 0 Å². The lowest BCUT2D eigenvalue weighted by atomic mass is 10.1. The molecule has 0 unspecified atom stereocenters. The summed E-state index contributed by atoms with van der Waals surface area (Å²) in [5.41, 5.74) is 0.623. The molecule has 0 aliphatic carbocycles. The van der Waals surface area contributed by atoms with E-state index in [0.717, 1.165) is 5.56 Å². The van der Waals surface area contributed by atoms with Gasteiger partial charge >= 0.3 is 30.0 Å². The molecule has 16 heteroatoms. The lowest BCUT2D eigenvalue weighted by molar-refractivity contribution is -0.166. The molecular formula is C31H37N5O11. The molecule has 4 rings (SSSR count). The second kappa shape index (κ2) is 15.0. The topological polar surface area (TPSA) is 196 Å². The van der Waals surface area contributed by atoms with Crippen LogP contribution in [0.5, 0.6) is 0 Å². The van der Waals surface area contributed by atoms with E-state index >= 15 is 0 Å². The Balaban J connectivity index is 1.65. The Bertz CT molecular complexity index is 1600. The largest absolute Gasteiger partial charge is 0.463 e. The van der Waals surface area contributed by atoms with Gasteiger partial charge in [-0.25, -0.2) is 24.5 Å². The summed E-state index contributed by atoms with van der Waals surface area (Å²) in [4.78, 5) is 74.7. The molecule has 0 spiro atoms. The van der Waals surface area contributed by atoms with Gasteiger partial charge in [-0.3, -0.25) is 19.0 Å². The minimum atomic E-state index is -1.23. The first-order chi connectivity index (χ1) is 22.2. The zero-order chi connectivity index (χ0) is 34.3. The van der Waals surface area contributed by atoms with Crippen molar-refractivity contribution >= 4 is 41.1 Å². The molecule has 3 heterocycles. The Morgan fingerprint density at radius 2 is 1.60 bits per heavy atom. The maximum atomic E-state index is 13.3. The molecule has 1 amide bonds. The van der Waals surface area contributed by atoms with Crippen LogP contribution in [0.4, 0.5) is 4.79 Å². The number of benzene rings is 1. The van der Waals surface area contributed by atoms with Gasteiger partial charge in [-0.1, -0.05) is 30.3 Å². The molecule has 16 nitrogen and oxygen atoms in total. The standard InChI is InChI=1S/C31H37N5O11/c1-17(37)42-14-23-25(44-18(2)38)26(45-19(3)39)28(46-23)36-16-34-24-21(32-15-33-27(24)36)12-22(35-30(41)47-31(4,5)6)29(40)43-13-20-10-8-7-9-11-20/h7-11,15-16,22-23,25-26,28H,12-14H2,1-6H3,(H,35,41)/t22-,23-,25-,26-,28+/m1/s1. The first kappa shape index (κ1) is 34.7. The lowest BCUT2D eigenvalue weighted by Crippen LogP contribution is -2.45. The van der Waals surface area contributed by atoms with Gasteiger partial charge in [0.1, 0.15) is 42.8 Å². The number of ether oxygens (including phenoxy) is 6. The van der Waals surface area contributed by atoms with Crippen LogP contribution >= 0.6 is 0 Å². The number of nitrogens with one attached hydrogen (secondary N) is 1. The number of aromatic nitrogens is 4. The van der Waals surface area contributed by atoms with Crippen LogP contribution in [0.15, 0.2) is 43.0 Å². The summed E-state index contributed by atoms with van der Waals surface area (Å²) < 4.78 is 34.5. The van der Waals surface area contributed by atoms with Crippen molar-refractivity contribution in [3.63, 3.8) is 0 Å². The molecule has 1 aliphatic rings. The van der Waals surface area contributed by atoms with Crippen LogP contribution in [-0.4, -0.2) is 86.1 Å². The summed E-state index contributed by atoms with van der Waals surface area (Å²) in [6.07, 6.45) is -2.86. The number of carbonyl (C=O) groups excluding carboxylic acids is 5. The SMILES string of the molecule is CC(=O)OC[C@H]1O[C@H](n2cnc3c(C[C@@H](NC(=O)OC(C)(C)C)C(=O)OCc4ccccc4)ncnc32)[C@H](OC(C)=O)[C@@H]1OC(C)=O. The minimum absolute atomic E-state index is 0.0332. The Hall–Kier alpha value is -5.12. The number of alkyl carbamates (subject to hydrolysis) is 1. The van der Waals surface area contributed by atoms with E-state index in [1.54, 1.807) is 45.0 Å². The summed E-state index contributed by atoms with van der Waals surface area (Å²) >= 11 is 0. The normalized spacial score (nSPS) is 19.8. The van der Waals surface area contributed by atoms with E-state index in [9.17, 15) is 24.0 Å². The van der Waals surface area contributed by atoms with Gasteiger partial charge in [0, 0.05) is 27.2 Å². The predicted molar refractivity (Wildman–Crippen MR) is 160 cm³/mol. The average molecular weight is 656 g/mol. The Labute approximate surface area is 270 Å². The maximum Gasteiger partial charge on any atom is 0.408 e. The summed E-state index contributed by atoms with van der Waals surface area (Å²) in [6.45, 7) is 8.31. The highest BCUT2D eigenvalue weighted by atomic mass is 16.7. The predicted octanol–water partition coefficient (Wildman–Crippen LogP) is 2.33. The lowest BCUT2D eigenvalue weighted by Gasteiger charge is -2.24. The smallest absolute Gasteiger partial charge is 0.408 e. The zero-order valence-electron chi connectivity index (χ0n) is 26.8. The Morgan fingerprint density at radius 3 is 2.23 bits per heavy atom. The molecular weight excluding hydrogens is 618 g/mol. The molecule has 3 aromatic rings. The van der Waals surface area contributed by atoms with Gasteiger partial charge in [-0.2, -0.15) is 0 Å². The Morgan fingerprint density at radius 1 is 0.915 bits per heavy atom. The van der Waals surface area contributed by atoms with Crippen LogP contribution in [0.2, 0.25) is 0 Å². The fourth-order valence-corrected chi connectivity index (χ4v) is 4.82. The number of fused-ring (bicyclic) bond motifs is 1. The molecule has 1 saturated heterocycles. The molecule has 0 bridgehead atoms. The van der Waals surface area contributed by atoms with Gasteiger partial charge < -0.3 is 33.7 Å². The molecule has 0 radical (unpaired) electrons. The van der Waals surface area contributed by atoms with Crippen molar-refractivity contribution < 1.29 is 52.4 Å². The second-order valence-corrected chi connectivity index (χ2v) is 11.7. The van der Waals surface area contributed by atoms with Gasteiger partial charge in [0.05, 0.1) is 12.0 Å². The second-order valence-electron chi connectivity index (χ2n) is 11.7. The highest BCUT2D eigenvalue weighted by molar-refractivity contribution is 5.83. The van der Waals surface area contributed by atoms with E-state index in [1.807, 2.05) is 6.07 Å². The van der Waals surface area contributed by atoms with Gasteiger partial charge in [0.15, 0.2) is 24.1 Å². The van der Waals surface area contributed by atoms with E-state index in [1.165, 1.54) is 38.0 Å². The molecule has 1 aliphatic heterocycles. The summed E-state index contributed by atoms with van der Waals surface area (Å²) in [5, 5.41) is 2.56. The maximum absolute atomic E-state index is 13.3.